The Morgan fingerprint density at radius 2 is 1.73 bits per heavy atom. The Hall–Kier alpha value is -5.18. The zero-order valence-corrected chi connectivity index (χ0v) is 32.8. The number of ether oxygens (including phenoxy) is 2. The molecule has 4 N–H and O–H groups in total. The molecular formula is C39H41F6N5O9S. The zero-order valence-electron chi connectivity index (χ0n) is 31.9. The van der Waals surface area contributed by atoms with Gasteiger partial charge < -0.3 is 30.1 Å². The number of aromatic nitrogens is 1. The lowest BCUT2D eigenvalue weighted by Crippen LogP contribution is -2.59. The molecule has 324 valence electrons. The highest BCUT2D eigenvalue weighted by Crippen LogP contribution is 2.48. The number of benzene rings is 2. The second kappa shape index (κ2) is 15.7. The van der Waals surface area contributed by atoms with E-state index < -0.39 is 99.0 Å². The van der Waals surface area contributed by atoms with Crippen molar-refractivity contribution >= 4 is 55.3 Å². The van der Waals surface area contributed by atoms with Crippen LogP contribution in [0.3, 0.4) is 0 Å². The molecule has 0 unspecified atom stereocenters. The molecule has 1 saturated heterocycles. The summed E-state index contributed by atoms with van der Waals surface area (Å²) in [5.41, 5.74) is -1.72. The number of rotatable bonds is 8. The minimum Gasteiger partial charge on any atom is -0.472 e. The summed E-state index contributed by atoms with van der Waals surface area (Å²) in [6, 6.07) is 7.01. The van der Waals surface area contributed by atoms with Crippen molar-refractivity contribution in [2.75, 3.05) is 6.54 Å². The van der Waals surface area contributed by atoms with E-state index in [9.17, 15) is 59.0 Å². The number of carbonyl (C=O) groups is 4. The summed E-state index contributed by atoms with van der Waals surface area (Å²) >= 11 is 0. The lowest BCUT2D eigenvalue weighted by molar-refractivity contribution is -0.274. The van der Waals surface area contributed by atoms with Crippen molar-refractivity contribution in [1.82, 2.24) is 25.2 Å². The molecule has 3 heterocycles. The fourth-order valence-corrected chi connectivity index (χ4v) is 9.01. The monoisotopic (exact) mass is 869 g/mol. The van der Waals surface area contributed by atoms with Crippen molar-refractivity contribution in [1.29, 1.82) is 0 Å². The second-order valence-corrected chi connectivity index (χ2v) is 18.1. The van der Waals surface area contributed by atoms with Gasteiger partial charge in [0.15, 0.2) is 0 Å². The van der Waals surface area contributed by atoms with E-state index in [0.717, 1.165) is 17.0 Å². The summed E-state index contributed by atoms with van der Waals surface area (Å²) < 4.78 is 117. The SMILES string of the molecule is CC1(S(=O)(=O)NC(=O)[C@@]23C[C@H]2/C=C\CCCCC[C@H](NC(=O)[C@H](O)C(F)(F)F)C(=O)N2C[C@H](Oc4nc5cc(OC(F)(F)F)ccc5c5ccccc45)C[C@H]2C(=O)N3)CC1. The summed E-state index contributed by atoms with van der Waals surface area (Å²) in [5.74, 6) is -6.12. The van der Waals surface area contributed by atoms with Crippen molar-refractivity contribution in [3.8, 4) is 11.6 Å². The molecular weight excluding hydrogens is 829 g/mol. The number of carbonyl (C=O) groups excluding carboxylic acids is 4. The lowest BCUT2D eigenvalue weighted by Gasteiger charge is -2.30. The number of nitrogens with zero attached hydrogens (tertiary/aromatic N) is 2. The molecule has 0 spiro atoms. The third-order valence-corrected chi connectivity index (χ3v) is 13.7. The minimum absolute atomic E-state index is 0.00888. The Kier molecular flexibility index (Phi) is 11.2. The van der Waals surface area contributed by atoms with Crippen LogP contribution in [0.15, 0.2) is 54.6 Å². The van der Waals surface area contributed by atoms with Gasteiger partial charge in [-0.1, -0.05) is 43.2 Å². The van der Waals surface area contributed by atoms with E-state index in [4.69, 9.17) is 4.74 Å². The molecule has 14 nitrogen and oxygen atoms in total. The van der Waals surface area contributed by atoms with Crippen LogP contribution in [0.1, 0.15) is 64.7 Å². The molecule has 2 saturated carbocycles. The van der Waals surface area contributed by atoms with E-state index >= 15 is 0 Å². The number of sulfonamides is 1. The van der Waals surface area contributed by atoms with Crippen LogP contribution in [0, 0.1) is 5.92 Å². The van der Waals surface area contributed by atoms with Crippen LogP contribution in [-0.4, -0.2) is 101 Å². The van der Waals surface area contributed by atoms with Gasteiger partial charge in [-0.05, 0) is 69.0 Å². The number of alkyl halides is 6. The highest BCUT2D eigenvalue weighted by molar-refractivity contribution is 7.91. The number of pyridine rings is 1. The summed E-state index contributed by atoms with van der Waals surface area (Å²) in [5, 5.41) is 15.7. The highest BCUT2D eigenvalue weighted by atomic mass is 32.2. The maximum absolute atomic E-state index is 14.4. The number of allylic oxidation sites excluding steroid dienone is 1. The van der Waals surface area contributed by atoms with Gasteiger partial charge in [-0.2, -0.15) is 13.2 Å². The van der Waals surface area contributed by atoms with E-state index in [2.05, 4.69) is 19.8 Å². The molecule has 3 aromatic rings. The first-order chi connectivity index (χ1) is 28.1. The number of hydrogen-bond acceptors (Lipinski definition) is 10. The predicted octanol–water partition coefficient (Wildman–Crippen LogP) is 4.44. The van der Waals surface area contributed by atoms with Gasteiger partial charge >= 0.3 is 12.5 Å². The maximum atomic E-state index is 14.4. The van der Waals surface area contributed by atoms with Crippen LogP contribution >= 0.6 is 0 Å². The molecule has 0 bridgehead atoms. The van der Waals surface area contributed by atoms with E-state index in [1.54, 1.807) is 36.4 Å². The molecule has 2 aliphatic carbocycles. The molecule has 60 heavy (non-hydrogen) atoms. The average molecular weight is 870 g/mol. The Morgan fingerprint density at radius 1 is 1.02 bits per heavy atom. The Labute approximate surface area is 339 Å². The molecule has 3 fully saturated rings. The van der Waals surface area contributed by atoms with Crippen LogP contribution < -0.4 is 24.8 Å². The van der Waals surface area contributed by atoms with Gasteiger partial charge in [-0.25, -0.2) is 13.4 Å². The van der Waals surface area contributed by atoms with Gasteiger partial charge in [0.05, 0.1) is 16.8 Å². The molecule has 2 aliphatic heterocycles. The normalized spacial score (nSPS) is 27.0. The molecule has 4 amide bonds. The first-order valence-corrected chi connectivity index (χ1v) is 20.8. The first-order valence-electron chi connectivity index (χ1n) is 19.3. The van der Waals surface area contributed by atoms with Crippen molar-refractivity contribution < 1.29 is 68.5 Å². The highest BCUT2D eigenvalue weighted by Gasteiger charge is 2.63. The quantitative estimate of drug-likeness (QED) is 0.143. The van der Waals surface area contributed by atoms with Gasteiger partial charge in [-0.3, -0.25) is 23.9 Å². The van der Waals surface area contributed by atoms with E-state index in [0.29, 0.717) is 48.3 Å². The smallest absolute Gasteiger partial charge is 0.472 e. The van der Waals surface area contributed by atoms with Crippen molar-refractivity contribution in [3.63, 3.8) is 0 Å². The first kappa shape index (κ1) is 42.9. The number of halogens is 6. The third-order valence-electron chi connectivity index (χ3n) is 11.5. The number of fused-ring (bicyclic) bond motifs is 5. The minimum atomic E-state index is -5.36. The van der Waals surface area contributed by atoms with Gasteiger partial charge in [0.2, 0.25) is 33.8 Å². The lowest BCUT2D eigenvalue weighted by atomic mass is 10.0. The summed E-state index contributed by atoms with van der Waals surface area (Å²) in [4.78, 5) is 60.7. The second-order valence-electron chi connectivity index (χ2n) is 15.9. The Bertz CT molecular complexity index is 2360. The summed E-state index contributed by atoms with van der Waals surface area (Å²) in [6.45, 7) is 1.05. The standard InChI is InChI=1S/C39H41F6N5O9S/c1-36(15-16-36)60(56,57)49-35(55)37-19-21(37)9-5-3-2-4-6-12-27(46-32(53)30(51)38(40,41)42)34(54)50-20-23(18-29(50)31(52)48-37)58-33-26-11-8-7-10-24(26)25-14-13-22(17-28(25)47-33)59-39(43,44)45/h5,7-11,13-14,17,21,23,27,29-30,51H,2-4,6,12,15-16,18-20H2,1H3,(H,46,53)(H,48,52)(H,49,55)/b9-5-/t21-,23-,27+,29+,30+,37-/m1/s1. The van der Waals surface area contributed by atoms with E-state index in [1.165, 1.54) is 13.0 Å². The van der Waals surface area contributed by atoms with Crippen molar-refractivity contribution in [2.24, 2.45) is 5.92 Å². The van der Waals surface area contributed by atoms with Gasteiger partial charge in [-0.15, -0.1) is 13.2 Å². The van der Waals surface area contributed by atoms with Gasteiger partial charge in [0, 0.05) is 29.2 Å². The van der Waals surface area contributed by atoms with Crippen LogP contribution in [0.4, 0.5) is 26.3 Å². The molecule has 0 radical (unpaired) electrons. The number of amides is 4. The summed E-state index contributed by atoms with van der Waals surface area (Å²) in [7, 11) is -4.15. The van der Waals surface area contributed by atoms with E-state index in [1.807, 2.05) is 5.32 Å². The number of hydrogen-bond donors (Lipinski definition) is 4. The van der Waals surface area contributed by atoms with Crippen LogP contribution in [0.5, 0.6) is 11.6 Å². The fraction of sp³-hybridized carbons (Fsp3) is 0.513. The van der Waals surface area contributed by atoms with Crippen LogP contribution in [-0.2, 0) is 29.2 Å². The Balaban J connectivity index is 1.24. The topological polar surface area (TPSA) is 193 Å². The van der Waals surface area contributed by atoms with Crippen LogP contribution in [0.2, 0.25) is 0 Å². The summed E-state index contributed by atoms with van der Waals surface area (Å²) in [6.07, 6.45) is -9.65. The predicted molar refractivity (Wildman–Crippen MR) is 200 cm³/mol. The van der Waals surface area contributed by atoms with Gasteiger partial charge in [0.25, 0.3) is 11.8 Å². The number of aliphatic hydroxyl groups excluding tert-OH is 1. The maximum Gasteiger partial charge on any atom is 0.573 e. The van der Waals surface area contributed by atoms with E-state index in [-0.39, 0.29) is 37.1 Å². The molecule has 1 aromatic heterocycles. The molecule has 21 heteroatoms. The molecule has 2 aromatic carbocycles. The number of aliphatic hydroxyl groups is 1. The van der Waals surface area contributed by atoms with Crippen molar-refractivity contribution in [2.45, 2.75) is 112 Å². The largest absolute Gasteiger partial charge is 0.573 e. The number of nitrogens with one attached hydrogen (secondary N) is 3. The van der Waals surface area contributed by atoms with Crippen molar-refractivity contribution in [3.05, 3.63) is 54.6 Å². The Morgan fingerprint density at radius 3 is 2.42 bits per heavy atom. The molecule has 7 rings (SSSR count). The van der Waals surface area contributed by atoms with Crippen LogP contribution in [0.25, 0.3) is 21.7 Å². The molecule has 6 atom stereocenters. The molecule has 4 aliphatic rings. The fourth-order valence-electron chi connectivity index (χ4n) is 7.70. The van der Waals surface area contributed by atoms with Gasteiger partial charge in [0.1, 0.15) is 29.5 Å². The third kappa shape index (κ3) is 8.82. The zero-order chi connectivity index (χ0) is 43.4. The average Bonchev–Trinajstić information content (AvgIpc) is 4.05.